The fourth-order valence-corrected chi connectivity index (χ4v) is 1.34. The van der Waals surface area contributed by atoms with Crippen LogP contribution in [0, 0.1) is 5.92 Å². The summed E-state index contributed by atoms with van der Waals surface area (Å²) in [4.78, 5) is 36.3. The molecule has 0 fully saturated rings. The lowest BCUT2D eigenvalue weighted by Crippen LogP contribution is -2.39. The smallest absolute Gasteiger partial charge is 0.332 e. The van der Waals surface area contributed by atoms with Crippen LogP contribution in [0.4, 0.5) is 0 Å². The van der Waals surface area contributed by atoms with Crippen LogP contribution in [0.25, 0.3) is 0 Å². The molecule has 22 heavy (non-hydrogen) atoms. The first-order chi connectivity index (χ1) is 10.3. The lowest BCUT2D eigenvalue weighted by atomic mass is 10.1. The maximum absolute atomic E-state index is 12.1. The van der Waals surface area contributed by atoms with E-state index in [1.54, 1.807) is 20.8 Å². The van der Waals surface area contributed by atoms with Gasteiger partial charge in [-0.15, -0.1) is 0 Å². The maximum Gasteiger partial charge on any atom is 0.332 e. The first-order valence-corrected chi connectivity index (χ1v) is 7.88. The van der Waals surface area contributed by atoms with E-state index in [-0.39, 0.29) is 18.3 Å². The fraction of sp³-hybridized carbons (Fsp3) is 0.812. The quantitative estimate of drug-likeness (QED) is 0.369. The Bertz CT molecular complexity index is 322. The van der Waals surface area contributed by atoms with Gasteiger partial charge in [0.05, 0.1) is 18.3 Å². The SMILES string of the molecule is CCC(C)OC(=O)C(C(=O)OC(C)CC)C(=O)OC(C)CC. The van der Waals surface area contributed by atoms with Crippen molar-refractivity contribution < 1.29 is 28.6 Å². The molecule has 0 saturated heterocycles. The number of carbonyl (C=O) groups is 3. The van der Waals surface area contributed by atoms with Gasteiger partial charge in [0.15, 0.2) is 0 Å². The summed E-state index contributed by atoms with van der Waals surface area (Å²) < 4.78 is 15.3. The van der Waals surface area contributed by atoms with Gasteiger partial charge in [0.2, 0.25) is 0 Å². The van der Waals surface area contributed by atoms with Crippen molar-refractivity contribution in [1.82, 2.24) is 0 Å². The number of hydrogen-bond donors (Lipinski definition) is 0. The normalized spacial score (nSPS) is 16.1. The van der Waals surface area contributed by atoms with Crippen molar-refractivity contribution in [2.24, 2.45) is 5.92 Å². The van der Waals surface area contributed by atoms with Gasteiger partial charge >= 0.3 is 17.9 Å². The van der Waals surface area contributed by atoms with E-state index in [0.717, 1.165) is 0 Å². The minimum Gasteiger partial charge on any atom is -0.462 e. The third-order valence-electron chi connectivity index (χ3n) is 3.38. The Labute approximate surface area is 132 Å². The molecule has 3 atom stereocenters. The van der Waals surface area contributed by atoms with Gasteiger partial charge < -0.3 is 14.2 Å². The van der Waals surface area contributed by atoms with Crippen LogP contribution >= 0.6 is 0 Å². The van der Waals surface area contributed by atoms with Crippen molar-refractivity contribution in [2.75, 3.05) is 0 Å². The number of hydrogen-bond acceptors (Lipinski definition) is 6. The highest BCUT2D eigenvalue weighted by molar-refractivity contribution is 6.12. The average Bonchev–Trinajstić information content (AvgIpc) is 2.46. The third-order valence-corrected chi connectivity index (χ3v) is 3.38. The van der Waals surface area contributed by atoms with Gasteiger partial charge in [-0.2, -0.15) is 0 Å². The first kappa shape index (κ1) is 20.4. The summed E-state index contributed by atoms with van der Waals surface area (Å²) in [6.07, 6.45) is 0.589. The second-order valence-electron chi connectivity index (χ2n) is 5.40. The lowest BCUT2D eigenvalue weighted by Gasteiger charge is -2.20. The Kier molecular flexibility index (Phi) is 9.45. The van der Waals surface area contributed by atoms with Gasteiger partial charge in [0.1, 0.15) is 0 Å². The summed E-state index contributed by atoms with van der Waals surface area (Å²) in [5.74, 6) is -4.44. The molecule has 0 aromatic rings. The highest BCUT2D eigenvalue weighted by Crippen LogP contribution is 2.13. The summed E-state index contributed by atoms with van der Waals surface area (Å²) >= 11 is 0. The largest absolute Gasteiger partial charge is 0.462 e. The van der Waals surface area contributed by atoms with Gasteiger partial charge in [0.25, 0.3) is 5.92 Å². The van der Waals surface area contributed by atoms with Gasteiger partial charge in [0, 0.05) is 0 Å². The number of esters is 3. The van der Waals surface area contributed by atoms with Crippen LogP contribution in [0.1, 0.15) is 60.8 Å². The lowest BCUT2D eigenvalue weighted by molar-refractivity contribution is -0.177. The molecule has 0 bridgehead atoms. The van der Waals surface area contributed by atoms with Crippen LogP contribution in [-0.4, -0.2) is 36.2 Å². The summed E-state index contributed by atoms with van der Waals surface area (Å²) in [5, 5.41) is 0. The molecule has 0 heterocycles. The molecule has 0 rings (SSSR count). The molecule has 0 N–H and O–H groups in total. The molecule has 3 unspecified atom stereocenters. The van der Waals surface area contributed by atoms with Crippen molar-refractivity contribution in [3.05, 3.63) is 0 Å². The summed E-state index contributed by atoms with van der Waals surface area (Å²) in [5.41, 5.74) is 0. The van der Waals surface area contributed by atoms with Crippen molar-refractivity contribution in [1.29, 1.82) is 0 Å². The third kappa shape index (κ3) is 6.91. The van der Waals surface area contributed by atoms with E-state index in [2.05, 4.69) is 0 Å². The molecular formula is C16H28O6. The van der Waals surface area contributed by atoms with Crippen LogP contribution in [0.2, 0.25) is 0 Å². The van der Waals surface area contributed by atoms with Crippen LogP contribution in [-0.2, 0) is 28.6 Å². The molecule has 0 aromatic heterocycles. The molecule has 0 spiro atoms. The second-order valence-corrected chi connectivity index (χ2v) is 5.40. The molecule has 0 aromatic carbocycles. The molecule has 0 aliphatic carbocycles. The van der Waals surface area contributed by atoms with E-state index in [1.165, 1.54) is 0 Å². The molecule has 6 heteroatoms. The van der Waals surface area contributed by atoms with Crippen molar-refractivity contribution >= 4 is 17.9 Å². The van der Waals surface area contributed by atoms with Crippen molar-refractivity contribution in [2.45, 2.75) is 79.1 Å². The Morgan fingerprint density at radius 1 is 0.636 bits per heavy atom. The molecule has 0 aliphatic rings. The van der Waals surface area contributed by atoms with Crippen LogP contribution < -0.4 is 0 Å². The molecule has 0 aliphatic heterocycles. The van der Waals surface area contributed by atoms with Crippen molar-refractivity contribution in [3.8, 4) is 0 Å². The van der Waals surface area contributed by atoms with E-state index in [1.807, 2.05) is 20.8 Å². The highest BCUT2D eigenvalue weighted by Gasteiger charge is 2.40. The standard InChI is InChI=1S/C16H28O6/c1-7-10(4)20-14(17)13(15(18)21-11(5)8-2)16(19)22-12(6)9-3/h10-13H,7-9H2,1-6H3. The molecular weight excluding hydrogens is 288 g/mol. The van der Waals surface area contributed by atoms with E-state index in [4.69, 9.17) is 14.2 Å². The van der Waals surface area contributed by atoms with Gasteiger partial charge in [-0.05, 0) is 40.0 Å². The summed E-state index contributed by atoms with van der Waals surface area (Å²) in [7, 11) is 0. The Hall–Kier alpha value is -1.59. The number of carbonyl (C=O) groups excluding carboxylic acids is 3. The summed E-state index contributed by atoms with van der Waals surface area (Å²) in [6, 6.07) is 0. The van der Waals surface area contributed by atoms with Crippen LogP contribution in [0.15, 0.2) is 0 Å². The van der Waals surface area contributed by atoms with E-state index >= 15 is 0 Å². The molecule has 0 amide bonds. The van der Waals surface area contributed by atoms with E-state index in [9.17, 15) is 14.4 Å². The summed E-state index contributed by atoms with van der Waals surface area (Å²) in [6.45, 7) is 10.6. The predicted octanol–water partition coefficient (Wildman–Crippen LogP) is 2.63. The van der Waals surface area contributed by atoms with Gasteiger partial charge in [-0.1, -0.05) is 20.8 Å². The minimum absolute atomic E-state index is 0.386. The number of rotatable bonds is 9. The predicted molar refractivity (Wildman–Crippen MR) is 81.0 cm³/mol. The monoisotopic (exact) mass is 316 g/mol. The molecule has 0 saturated carbocycles. The van der Waals surface area contributed by atoms with Gasteiger partial charge in [-0.3, -0.25) is 14.4 Å². The van der Waals surface area contributed by atoms with Gasteiger partial charge in [-0.25, -0.2) is 0 Å². The first-order valence-electron chi connectivity index (χ1n) is 7.88. The second kappa shape index (κ2) is 10.2. The number of ether oxygens (including phenoxy) is 3. The molecule has 128 valence electrons. The Morgan fingerprint density at radius 2 is 0.864 bits per heavy atom. The average molecular weight is 316 g/mol. The van der Waals surface area contributed by atoms with E-state index in [0.29, 0.717) is 19.3 Å². The fourth-order valence-electron chi connectivity index (χ4n) is 1.34. The molecule has 6 nitrogen and oxygen atoms in total. The Morgan fingerprint density at radius 3 is 1.05 bits per heavy atom. The van der Waals surface area contributed by atoms with Crippen molar-refractivity contribution in [3.63, 3.8) is 0 Å². The van der Waals surface area contributed by atoms with Crippen LogP contribution in [0.5, 0.6) is 0 Å². The zero-order chi connectivity index (χ0) is 17.3. The Balaban J connectivity index is 5.08. The van der Waals surface area contributed by atoms with Crippen LogP contribution in [0.3, 0.4) is 0 Å². The zero-order valence-electron chi connectivity index (χ0n) is 14.4. The molecule has 0 radical (unpaired) electrons. The highest BCUT2D eigenvalue weighted by atomic mass is 16.6. The maximum atomic E-state index is 12.1. The minimum atomic E-state index is -1.68. The zero-order valence-corrected chi connectivity index (χ0v) is 14.4. The topological polar surface area (TPSA) is 78.9 Å². The van der Waals surface area contributed by atoms with E-state index < -0.39 is 23.8 Å².